The van der Waals surface area contributed by atoms with Crippen LogP contribution in [0.5, 0.6) is 23.0 Å². The summed E-state index contributed by atoms with van der Waals surface area (Å²) in [6, 6.07) is 10.3. The van der Waals surface area contributed by atoms with Crippen molar-refractivity contribution < 1.29 is 29.4 Å². The minimum absolute atomic E-state index is 0.0737. The molecule has 0 fully saturated rings. The number of oxime groups is 2. The molecule has 2 aromatic rings. The highest BCUT2D eigenvalue weighted by Gasteiger charge is 2.09. The molecule has 0 aliphatic heterocycles. The number of rotatable bonds is 24. The van der Waals surface area contributed by atoms with Crippen molar-refractivity contribution in [2.75, 3.05) is 66.7 Å². The first-order valence-electron chi connectivity index (χ1n) is 16.8. The number of benzene rings is 2. The van der Waals surface area contributed by atoms with Crippen LogP contribution in [0.4, 0.5) is 0 Å². The van der Waals surface area contributed by atoms with Gasteiger partial charge in [0.05, 0.1) is 25.6 Å². The second-order valence-corrected chi connectivity index (χ2v) is 11.2. The molecular weight excluding hydrogens is 596 g/mol. The van der Waals surface area contributed by atoms with Crippen LogP contribution in [-0.2, 0) is 9.68 Å². The standard InChI is InChI=1S/C37H56N4O6/c1-7-19-40(20-8-2)23-25-46-38-32(15-11-30-13-17-34(42)36(27-30)44-5)29-33(39-47-26-24-41(21-9-3)22-10-4)16-12-31-14-18-35(43)37(28-31)45-6/h11-18,27-28,42-43H,7-10,19-26,29H2,1-6H3/b15-11+,16-12+,38-32+,39-33+. The molecule has 2 aromatic carbocycles. The van der Waals surface area contributed by atoms with Crippen molar-refractivity contribution in [2.45, 2.75) is 59.8 Å². The number of hydrogen-bond donors (Lipinski definition) is 2. The molecule has 0 spiro atoms. The zero-order valence-corrected chi connectivity index (χ0v) is 29.3. The fourth-order valence-electron chi connectivity index (χ4n) is 4.94. The van der Waals surface area contributed by atoms with Crippen LogP contribution in [0, 0.1) is 0 Å². The third-order valence-corrected chi connectivity index (χ3v) is 7.23. The lowest BCUT2D eigenvalue weighted by Gasteiger charge is -2.20. The van der Waals surface area contributed by atoms with E-state index >= 15 is 0 Å². The van der Waals surface area contributed by atoms with Gasteiger partial charge >= 0.3 is 0 Å². The summed E-state index contributed by atoms with van der Waals surface area (Å²) in [7, 11) is 3.04. The van der Waals surface area contributed by atoms with Crippen molar-refractivity contribution in [3.8, 4) is 23.0 Å². The summed E-state index contributed by atoms with van der Waals surface area (Å²) >= 11 is 0. The Kier molecular flexibility index (Phi) is 19.4. The van der Waals surface area contributed by atoms with Crippen LogP contribution < -0.4 is 9.47 Å². The van der Waals surface area contributed by atoms with E-state index < -0.39 is 0 Å². The number of phenols is 2. The summed E-state index contributed by atoms with van der Waals surface area (Å²) in [6.07, 6.45) is 12.2. The maximum absolute atomic E-state index is 10.0. The Morgan fingerprint density at radius 3 is 1.34 bits per heavy atom. The van der Waals surface area contributed by atoms with E-state index in [-0.39, 0.29) is 11.5 Å². The van der Waals surface area contributed by atoms with Crippen molar-refractivity contribution in [3.05, 3.63) is 59.7 Å². The number of nitrogens with zero attached hydrogens (tertiary/aromatic N) is 4. The number of methoxy groups -OCH3 is 2. The fourth-order valence-corrected chi connectivity index (χ4v) is 4.94. The molecule has 2 N–H and O–H groups in total. The van der Waals surface area contributed by atoms with Gasteiger partial charge in [-0.15, -0.1) is 0 Å². The summed E-state index contributed by atoms with van der Waals surface area (Å²) in [4.78, 5) is 16.5. The van der Waals surface area contributed by atoms with Gasteiger partial charge in [-0.1, -0.05) is 62.3 Å². The van der Waals surface area contributed by atoms with Gasteiger partial charge in [0.15, 0.2) is 23.0 Å². The minimum Gasteiger partial charge on any atom is -0.504 e. The van der Waals surface area contributed by atoms with Gasteiger partial charge in [0, 0.05) is 19.5 Å². The van der Waals surface area contributed by atoms with Gasteiger partial charge in [0.25, 0.3) is 0 Å². The van der Waals surface area contributed by atoms with Gasteiger partial charge in [-0.05, 0) is 99.4 Å². The Labute approximate surface area is 281 Å². The first kappa shape index (κ1) is 39.2. The van der Waals surface area contributed by atoms with E-state index in [9.17, 15) is 10.2 Å². The molecule has 0 bridgehead atoms. The van der Waals surface area contributed by atoms with Crippen LogP contribution in [-0.4, -0.2) is 98.1 Å². The average molecular weight is 653 g/mol. The molecule has 0 atom stereocenters. The number of aromatic hydroxyl groups is 2. The first-order valence-corrected chi connectivity index (χ1v) is 16.8. The van der Waals surface area contributed by atoms with Crippen LogP contribution in [0.3, 0.4) is 0 Å². The molecule has 2 rings (SSSR count). The van der Waals surface area contributed by atoms with Crippen LogP contribution in [0.1, 0.15) is 70.9 Å². The van der Waals surface area contributed by atoms with Gasteiger partial charge in [-0.3, -0.25) is 9.80 Å². The molecular formula is C37H56N4O6. The van der Waals surface area contributed by atoms with E-state index in [2.05, 4.69) is 47.8 Å². The highest BCUT2D eigenvalue weighted by atomic mass is 16.6. The molecule has 10 nitrogen and oxygen atoms in total. The van der Waals surface area contributed by atoms with Gasteiger partial charge in [0.2, 0.25) is 0 Å². The van der Waals surface area contributed by atoms with Crippen molar-refractivity contribution in [2.24, 2.45) is 10.3 Å². The molecule has 0 aromatic heterocycles. The second-order valence-electron chi connectivity index (χ2n) is 11.2. The topological polar surface area (TPSA) is 109 Å². The molecule has 0 saturated carbocycles. The number of ether oxygens (including phenoxy) is 2. The highest BCUT2D eigenvalue weighted by molar-refractivity contribution is 6.15. The average Bonchev–Trinajstić information content (AvgIpc) is 3.07. The maximum Gasteiger partial charge on any atom is 0.161 e. The lowest BCUT2D eigenvalue weighted by Crippen LogP contribution is -2.29. The van der Waals surface area contributed by atoms with Crippen LogP contribution in [0.25, 0.3) is 12.2 Å². The Morgan fingerprint density at radius 2 is 1.00 bits per heavy atom. The van der Waals surface area contributed by atoms with Gasteiger partial charge in [0.1, 0.15) is 13.2 Å². The van der Waals surface area contributed by atoms with E-state index in [4.69, 9.17) is 19.1 Å². The Hall–Kier alpha value is -4.02. The van der Waals surface area contributed by atoms with Crippen LogP contribution in [0.15, 0.2) is 58.9 Å². The SMILES string of the molecule is CCCN(CCC)CCO/N=C(\C=C\c1ccc(O)c(OC)c1)CC(/C=C/c1ccc(O)c(OC)c1)=N/OCCN(CCC)CCC. The quantitative estimate of drug-likeness (QED) is 0.0695. The molecule has 260 valence electrons. The van der Waals surface area contributed by atoms with E-state index in [0.717, 1.165) is 76.1 Å². The van der Waals surface area contributed by atoms with Gasteiger partial charge < -0.3 is 29.4 Å². The predicted molar refractivity (Wildman–Crippen MR) is 193 cm³/mol. The van der Waals surface area contributed by atoms with Crippen molar-refractivity contribution in [1.29, 1.82) is 0 Å². The molecule has 0 saturated heterocycles. The lowest BCUT2D eigenvalue weighted by atomic mass is 10.1. The molecule has 0 amide bonds. The van der Waals surface area contributed by atoms with Gasteiger partial charge in [-0.2, -0.15) is 0 Å². The summed E-state index contributed by atoms with van der Waals surface area (Å²) in [5.74, 6) is 0.919. The third kappa shape index (κ3) is 15.4. The zero-order chi connectivity index (χ0) is 34.3. The second kappa shape index (κ2) is 23.3. The molecule has 0 radical (unpaired) electrons. The van der Waals surface area contributed by atoms with Gasteiger partial charge in [-0.25, -0.2) is 0 Å². The van der Waals surface area contributed by atoms with Crippen molar-refractivity contribution >= 4 is 23.6 Å². The minimum atomic E-state index is 0.0737. The number of phenolic OH excluding ortho intramolecular Hbond substituents is 2. The number of allylic oxidation sites excluding steroid dienone is 2. The normalized spacial score (nSPS) is 12.5. The van der Waals surface area contributed by atoms with E-state index in [1.54, 1.807) is 36.4 Å². The Balaban J connectivity index is 2.36. The molecule has 10 heteroatoms. The monoisotopic (exact) mass is 652 g/mol. The maximum atomic E-state index is 10.0. The smallest absolute Gasteiger partial charge is 0.161 e. The molecule has 0 aliphatic rings. The van der Waals surface area contributed by atoms with Crippen molar-refractivity contribution in [1.82, 2.24) is 9.80 Å². The zero-order valence-electron chi connectivity index (χ0n) is 29.3. The van der Waals surface area contributed by atoms with E-state index in [1.807, 2.05) is 24.3 Å². The van der Waals surface area contributed by atoms with Crippen molar-refractivity contribution in [3.63, 3.8) is 0 Å². The summed E-state index contributed by atoms with van der Waals surface area (Å²) in [6.45, 7) is 15.3. The fraction of sp³-hybridized carbons (Fsp3) is 0.514. The lowest BCUT2D eigenvalue weighted by molar-refractivity contribution is 0.109. The molecule has 47 heavy (non-hydrogen) atoms. The Bertz CT molecular complexity index is 1180. The molecule has 0 unspecified atom stereocenters. The number of hydrogen-bond acceptors (Lipinski definition) is 10. The summed E-state index contributed by atoms with van der Waals surface area (Å²) in [5, 5.41) is 29.1. The summed E-state index contributed by atoms with van der Waals surface area (Å²) in [5.41, 5.74) is 2.95. The molecule has 0 heterocycles. The largest absolute Gasteiger partial charge is 0.504 e. The van der Waals surface area contributed by atoms with E-state index in [0.29, 0.717) is 42.6 Å². The Morgan fingerprint density at radius 1 is 0.617 bits per heavy atom. The van der Waals surface area contributed by atoms with Crippen LogP contribution in [0.2, 0.25) is 0 Å². The summed E-state index contributed by atoms with van der Waals surface area (Å²) < 4.78 is 10.6. The molecule has 0 aliphatic carbocycles. The van der Waals surface area contributed by atoms with Crippen LogP contribution >= 0.6 is 0 Å². The highest BCUT2D eigenvalue weighted by Crippen LogP contribution is 2.28. The predicted octanol–water partition coefficient (Wildman–Crippen LogP) is 7.22. The van der Waals surface area contributed by atoms with E-state index in [1.165, 1.54) is 14.2 Å². The first-order chi connectivity index (χ1) is 22.9. The third-order valence-electron chi connectivity index (χ3n) is 7.23.